The number of aryl methyl sites for hydroxylation is 1. The van der Waals surface area contributed by atoms with Crippen LogP contribution in [0.4, 0.5) is 5.13 Å². The standard InChI is InChI=1S/C21H30N6S.HI/c1-3-19-24-21(28-25-19)27-12-10-26(11-13-27)20(22-4-2)23-15-17-14-18(17)16-8-6-5-7-9-16;/h5-9,17-18H,3-4,10-15H2,1-2H3,(H,22,23);1H. The maximum atomic E-state index is 4.98. The van der Waals surface area contributed by atoms with E-state index in [1.165, 1.54) is 23.5 Å². The van der Waals surface area contributed by atoms with Crippen LogP contribution in [-0.2, 0) is 6.42 Å². The Bertz CT molecular complexity index is 787. The van der Waals surface area contributed by atoms with Crippen molar-refractivity contribution in [3.63, 3.8) is 0 Å². The smallest absolute Gasteiger partial charge is 0.205 e. The lowest BCUT2D eigenvalue weighted by molar-refractivity contribution is 0.372. The molecule has 6 nitrogen and oxygen atoms in total. The molecule has 1 aromatic heterocycles. The molecule has 29 heavy (non-hydrogen) atoms. The number of nitrogens with one attached hydrogen (secondary N) is 1. The molecule has 1 saturated heterocycles. The molecule has 2 unspecified atom stereocenters. The zero-order valence-electron chi connectivity index (χ0n) is 17.3. The van der Waals surface area contributed by atoms with E-state index in [0.29, 0.717) is 11.8 Å². The molecule has 4 rings (SSSR count). The first-order valence-electron chi connectivity index (χ1n) is 10.4. The number of nitrogens with zero attached hydrogens (tertiary/aromatic N) is 5. The minimum atomic E-state index is 0. The van der Waals surface area contributed by atoms with Crippen molar-refractivity contribution < 1.29 is 0 Å². The lowest BCUT2D eigenvalue weighted by Crippen LogP contribution is -2.52. The quantitative estimate of drug-likeness (QED) is 0.354. The predicted molar refractivity (Wildman–Crippen MR) is 132 cm³/mol. The van der Waals surface area contributed by atoms with Gasteiger partial charge in [0.2, 0.25) is 5.13 Å². The maximum absolute atomic E-state index is 4.98. The highest BCUT2D eigenvalue weighted by Crippen LogP contribution is 2.47. The van der Waals surface area contributed by atoms with Crippen molar-refractivity contribution in [1.82, 2.24) is 19.6 Å². The second-order valence-electron chi connectivity index (χ2n) is 7.53. The number of piperazine rings is 1. The van der Waals surface area contributed by atoms with Gasteiger partial charge in [-0.15, -0.1) is 24.0 Å². The van der Waals surface area contributed by atoms with Gasteiger partial charge in [-0.3, -0.25) is 4.99 Å². The van der Waals surface area contributed by atoms with Gasteiger partial charge in [0.05, 0.1) is 0 Å². The average Bonchev–Trinajstić information content (AvgIpc) is 3.37. The van der Waals surface area contributed by atoms with Gasteiger partial charge in [0, 0.05) is 57.2 Å². The first kappa shape index (κ1) is 22.3. The van der Waals surface area contributed by atoms with Crippen LogP contribution in [-0.4, -0.2) is 59.5 Å². The van der Waals surface area contributed by atoms with Gasteiger partial charge >= 0.3 is 0 Å². The Labute approximate surface area is 195 Å². The van der Waals surface area contributed by atoms with E-state index in [4.69, 9.17) is 4.99 Å². The molecule has 0 amide bonds. The first-order valence-corrected chi connectivity index (χ1v) is 11.2. The van der Waals surface area contributed by atoms with Gasteiger partial charge in [-0.25, -0.2) is 4.98 Å². The summed E-state index contributed by atoms with van der Waals surface area (Å²) >= 11 is 1.52. The van der Waals surface area contributed by atoms with Gasteiger partial charge in [0.15, 0.2) is 5.96 Å². The first-order chi connectivity index (χ1) is 13.8. The highest BCUT2D eigenvalue weighted by atomic mass is 127. The van der Waals surface area contributed by atoms with Crippen LogP contribution in [0.15, 0.2) is 35.3 Å². The largest absolute Gasteiger partial charge is 0.357 e. The molecule has 2 atom stereocenters. The summed E-state index contributed by atoms with van der Waals surface area (Å²) in [4.78, 5) is 14.4. The molecule has 0 spiro atoms. The summed E-state index contributed by atoms with van der Waals surface area (Å²) in [5.41, 5.74) is 1.46. The Hall–Kier alpha value is -1.42. The van der Waals surface area contributed by atoms with Crippen LogP contribution >= 0.6 is 35.5 Å². The van der Waals surface area contributed by atoms with Crippen LogP contribution in [0.3, 0.4) is 0 Å². The molecule has 1 N–H and O–H groups in total. The number of anilines is 1. The molecule has 1 aliphatic heterocycles. The third-order valence-corrected chi connectivity index (χ3v) is 6.40. The molecule has 0 bridgehead atoms. The third-order valence-electron chi connectivity index (χ3n) is 5.58. The van der Waals surface area contributed by atoms with E-state index in [9.17, 15) is 0 Å². The van der Waals surface area contributed by atoms with Crippen molar-refractivity contribution in [2.24, 2.45) is 10.9 Å². The SMILES string of the molecule is CCNC(=NCC1CC1c1ccccc1)N1CCN(c2nc(CC)ns2)CC1.I. The van der Waals surface area contributed by atoms with Crippen LogP contribution in [0.2, 0.25) is 0 Å². The minimum absolute atomic E-state index is 0. The Morgan fingerprint density at radius 1 is 1.17 bits per heavy atom. The van der Waals surface area contributed by atoms with Crippen LogP contribution in [0.25, 0.3) is 0 Å². The number of benzene rings is 1. The summed E-state index contributed by atoms with van der Waals surface area (Å²) in [6, 6.07) is 10.9. The predicted octanol–water partition coefficient (Wildman–Crippen LogP) is 3.61. The molecule has 0 radical (unpaired) electrons. The van der Waals surface area contributed by atoms with Crippen molar-refractivity contribution in [2.45, 2.75) is 32.6 Å². The Morgan fingerprint density at radius 3 is 2.59 bits per heavy atom. The molecule has 2 aliphatic rings. The Kier molecular flexibility index (Phi) is 8.11. The third kappa shape index (κ3) is 5.59. The van der Waals surface area contributed by atoms with Crippen molar-refractivity contribution in [3.8, 4) is 0 Å². The topological polar surface area (TPSA) is 56.7 Å². The van der Waals surface area contributed by atoms with Crippen molar-refractivity contribution in [1.29, 1.82) is 0 Å². The normalized spacial score (nSPS) is 21.7. The molecule has 2 heterocycles. The van der Waals surface area contributed by atoms with Gasteiger partial charge in [0.25, 0.3) is 0 Å². The van der Waals surface area contributed by atoms with Gasteiger partial charge in [-0.1, -0.05) is 37.3 Å². The molecule has 2 fully saturated rings. The van der Waals surface area contributed by atoms with Gasteiger partial charge < -0.3 is 15.1 Å². The fraction of sp³-hybridized carbons (Fsp3) is 0.571. The van der Waals surface area contributed by atoms with Crippen LogP contribution in [0.1, 0.15) is 37.6 Å². The number of halogens is 1. The van der Waals surface area contributed by atoms with E-state index < -0.39 is 0 Å². The average molecular weight is 526 g/mol. The van der Waals surface area contributed by atoms with Crippen molar-refractivity contribution in [3.05, 3.63) is 41.7 Å². The fourth-order valence-corrected chi connectivity index (χ4v) is 4.61. The van der Waals surface area contributed by atoms with Crippen LogP contribution in [0.5, 0.6) is 0 Å². The molecule has 2 aromatic rings. The molecular formula is C21H31IN6S. The number of aliphatic imine (C=N–C) groups is 1. The summed E-state index contributed by atoms with van der Waals surface area (Å²) < 4.78 is 4.42. The highest BCUT2D eigenvalue weighted by molar-refractivity contribution is 14.0. The van der Waals surface area contributed by atoms with Crippen LogP contribution < -0.4 is 10.2 Å². The van der Waals surface area contributed by atoms with E-state index in [2.05, 4.69) is 68.7 Å². The number of aromatic nitrogens is 2. The van der Waals surface area contributed by atoms with Gasteiger partial charge in [-0.2, -0.15) is 4.37 Å². The zero-order valence-corrected chi connectivity index (χ0v) is 20.4. The highest BCUT2D eigenvalue weighted by Gasteiger charge is 2.38. The summed E-state index contributed by atoms with van der Waals surface area (Å²) in [5.74, 6) is 3.39. The maximum Gasteiger partial charge on any atom is 0.205 e. The summed E-state index contributed by atoms with van der Waals surface area (Å²) in [6.45, 7) is 9.95. The Balaban J connectivity index is 0.00000240. The van der Waals surface area contributed by atoms with Gasteiger partial charge in [-0.05, 0) is 30.7 Å². The number of hydrogen-bond donors (Lipinski definition) is 1. The Morgan fingerprint density at radius 2 is 1.93 bits per heavy atom. The number of rotatable bonds is 6. The minimum Gasteiger partial charge on any atom is -0.357 e. The fourth-order valence-electron chi connectivity index (χ4n) is 3.81. The lowest BCUT2D eigenvalue weighted by Gasteiger charge is -2.36. The van der Waals surface area contributed by atoms with Crippen molar-refractivity contribution in [2.75, 3.05) is 44.2 Å². The van der Waals surface area contributed by atoms with Crippen molar-refractivity contribution >= 4 is 46.6 Å². The molecule has 1 aromatic carbocycles. The van der Waals surface area contributed by atoms with E-state index >= 15 is 0 Å². The van der Waals surface area contributed by atoms with Gasteiger partial charge in [0.1, 0.15) is 5.82 Å². The summed E-state index contributed by atoms with van der Waals surface area (Å²) in [5, 5.41) is 4.55. The second kappa shape index (κ2) is 10.6. The summed E-state index contributed by atoms with van der Waals surface area (Å²) in [7, 11) is 0. The van der Waals surface area contributed by atoms with E-state index in [1.54, 1.807) is 0 Å². The zero-order chi connectivity index (χ0) is 19.3. The molecule has 1 aliphatic carbocycles. The molecular weight excluding hydrogens is 495 g/mol. The molecule has 8 heteroatoms. The molecule has 1 saturated carbocycles. The molecule has 158 valence electrons. The van der Waals surface area contributed by atoms with Crippen LogP contribution in [0, 0.1) is 5.92 Å². The van der Waals surface area contributed by atoms with E-state index in [0.717, 1.165) is 62.6 Å². The van der Waals surface area contributed by atoms with E-state index in [-0.39, 0.29) is 24.0 Å². The van der Waals surface area contributed by atoms with E-state index in [1.807, 2.05) is 0 Å². The summed E-state index contributed by atoms with van der Waals surface area (Å²) in [6.07, 6.45) is 2.16. The second-order valence-corrected chi connectivity index (χ2v) is 8.26. The number of guanidine groups is 1. The monoisotopic (exact) mass is 526 g/mol. The number of hydrogen-bond acceptors (Lipinski definition) is 5. The lowest BCUT2D eigenvalue weighted by atomic mass is 10.1.